The van der Waals surface area contributed by atoms with Crippen molar-refractivity contribution in [2.24, 2.45) is 16.8 Å². The third-order valence-corrected chi connectivity index (χ3v) is 10.0. The highest BCUT2D eigenvalue weighted by Crippen LogP contribution is 2.39. The summed E-state index contributed by atoms with van der Waals surface area (Å²) in [4.78, 5) is 24.0. The molecule has 0 aliphatic carbocycles. The fourth-order valence-corrected chi connectivity index (χ4v) is 6.29. The Labute approximate surface area is 270 Å². The predicted octanol–water partition coefficient (Wildman–Crippen LogP) is 10.9. The number of amides is 1. The third-order valence-electron chi connectivity index (χ3n) is 9.18. The molecule has 0 spiro atoms. The van der Waals surface area contributed by atoms with Gasteiger partial charge in [-0.2, -0.15) is 0 Å². The quantitative estimate of drug-likeness (QED) is 0.215. The van der Waals surface area contributed by atoms with Gasteiger partial charge in [0.1, 0.15) is 0 Å². The second-order valence-electron chi connectivity index (χ2n) is 12.5. The standard InChI is InChI=1S/C38H54BrN3O/c1-11-15-32(27(8)13-3)37-35(14-4)42(23-22-41(37)29(10)31-18-16-30(17-19-31)25(5)6)38(43)33-20-21-34(39)28(9)36(33)40-24-26(7)12-2/h16-21,24-27,35H,10-15,22-23H2,1-9H3/b37-32-,40-24?. The van der Waals surface area contributed by atoms with Gasteiger partial charge in [0.2, 0.25) is 0 Å². The molecule has 2 aromatic carbocycles. The van der Waals surface area contributed by atoms with Gasteiger partial charge >= 0.3 is 0 Å². The zero-order valence-electron chi connectivity index (χ0n) is 28.1. The number of carbonyl (C=O) groups is 1. The largest absolute Gasteiger partial charge is 0.341 e. The van der Waals surface area contributed by atoms with Crippen molar-refractivity contribution in [3.05, 3.63) is 81.0 Å². The lowest BCUT2D eigenvalue weighted by Crippen LogP contribution is -2.53. The van der Waals surface area contributed by atoms with Crippen LogP contribution in [0.4, 0.5) is 5.69 Å². The molecule has 1 fully saturated rings. The van der Waals surface area contributed by atoms with Gasteiger partial charge in [0, 0.05) is 35.2 Å². The van der Waals surface area contributed by atoms with E-state index in [1.165, 1.54) is 16.8 Å². The molecule has 1 amide bonds. The zero-order valence-corrected chi connectivity index (χ0v) is 29.7. The van der Waals surface area contributed by atoms with Crippen molar-refractivity contribution >= 4 is 39.4 Å². The van der Waals surface area contributed by atoms with Crippen LogP contribution < -0.4 is 0 Å². The molecule has 0 N–H and O–H groups in total. The van der Waals surface area contributed by atoms with Gasteiger partial charge in [-0.1, -0.05) is 109 Å². The number of hydrogen-bond acceptors (Lipinski definition) is 3. The van der Waals surface area contributed by atoms with Gasteiger partial charge < -0.3 is 9.80 Å². The molecule has 0 radical (unpaired) electrons. The second kappa shape index (κ2) is 15.9. The molecule has 1 saturated heterocycles. The number of halogens is 1. The summed E-state index contributed by atoms with van der Waals surface area (Å²) >= 11 is 3.68. The molecule has 0 saturated carbocycles. The fraction of sp³-hybridized carbons (Fsp3) is 0.526. The van der Waals surface area contributed by atoms with Gasteiger partial charge in [-0.25, -0.2) is 0 Å². The van der Waals surface area contributed by atoms with Crippen LogP contribution in [0.25, 0.3) is 5.70 Å². The summed E-state index contributed by atoms with van der Waals surface area (Å²) < 4.78 is 0.972. The molecule has 3 unspecified atom stereocenters. The summed E-state index contributed by atoms with van der Waals surface area (Å²) in [6.45, 7) is 25.9. The highest BCUT2D eigenvalue weighted by molar-refractivity contribution is 9.10. The summed E-state index contributed by atoms with van der Waals surface area (Å²) in [6, 6.07) is 12.8. The van der Waals surface area contributed by atoms with E-state index in [2.05, 4.69) is 112 Å². The van der Waals surface area contributed by atoms with Crippen molar-refractivity contribution in [1.82, 2.24) is 9.80 Å². The molecule has 1 aliphatic rings. The molecule has 2 aromatic rings. The molecular formula is C38H54BrN3O. The minimum absolute atomic E-state index is 0.0427. The first-order valence-electron chi connectivity index (χ1n) is 16.4. The van der Waals surface area contributed by atoms with Crippen molar-refractivity contribution < 1.29 is 4.79 Å². The maximum atomic E-state index is 14.6. The van der Waals surface area contributed by atoms with Gasteiger partial charge in [0.25, 0.3) is 5.91 Å². The molecule has 5 heteroatoms. The number of nitrogens with zero attached hydrogens (tertiary/aromatic N) is 3. The first-order chi connectivity index (χ1) is 20.5. The number of allylic oxidation sites excluding steroid dienone is 1. The summed E-state index contributed by atoms with van der Waals surface area (Å²) in [5, 5.41) is 0. The Hall–Kier alpha value is -2.66. The molecule has 43 heavy (non-hydrogen) atoms. The van der Waals surface area contributed by atoms with E-state index in [4.69, 9.17) is 4.99 Å². The van der Waals surface area contributed by atoms with Gasteiger partial charge in [0.15, 0.2) is 0 Å². The van der Waals surface area contributed by atoms with Gasteiger partial charge in [0.05, 0.1) is 17.3 Å². The smallest absolute Gasteiger partial charge is 0.256 e. The molecule has 4 nitrogen and oxygen atoms in total. The number of piperazine rings is 1. The van der Waals surface area contributed by atoms with Crippen molar-refractivity contribution in [1.29, 1.82) is 0 Å². The number of carbonyl (C=O) groups excluding carboxylic acids is 1. The molecule has 1 heterocycles. The third kappa shape index (κ3) is 7.90. The van der Waals surface area contributed by atoms with Crippen LogP contribution in [0.1, 0.15) is 120 Å². The maximum Gasteiger partial charge on any atom is 0.256 e. The normalized spacial score (nSPS) is 18.3. The van der Waals surface area contributed by atoms with E-state index in [0.29, 0.717) is 36.4 Å². The number of aliphatic imine (C=N–C) groups is 1. The Morgan fingerprint density at radius 2 is 1.70 bits per heavy atom. The van der Waals surface area contributed by atoms with E-state index in [-0.39, 0.29) is 11.9 Å². The molecule has 234 valence electrons. The Bertz CT molecular complexity index is 1320. The average Bonchev–Trinajstić information content (AvgIpc) is 3.02. The van der Waals surface area contributed by atoms with E-state index in [1.807, 2.05) is 25.3 Å². The summed E-state index contributed by atoms with van der Waals surface area (Å²) in [7, 11) is 0. The Morgan fingerprint density at radius 1 is 1.02 bits per heavy atom. The van der Waals surface area contributed by atoms with Gasteiger partial charge in [-0.3, -0.25) is 9.79 Å². The predicted molar refractivity (Wildman–Crippen MR) is 189 cm³/mol. The summed E-state index contributed by atoms with van der Waals surface area (Å²) in [5.74, 6) is 1.31. The van der Waals surface area contributed by atoms with Crippen LogP contribution in [0.3, 0.4) is 0 Å². The number of rotatable bonds is 12. The van der Waals surface area contributed by atoms with E-state index in [0.717, 1.165) is 59.1 Å². The molecule has 0 bridgehead atoms. The van der Waals surface area contributed by atoms with E-state index < -0.39 is 0 Å². The molecular weight excluding hydrogens is 594 g/mol. The van der Waals surface area contributed by atoms with Crippen LogP contribution in [0.5, 0.6) is 0 Å². The summed E-state index contributed by atoms with van der Waals surface area (Å²) in [5.41, 5.74) is 8.66. The van der Waals surface area contributed by atoms with Gasteiger partial charge in [-0.15, -0.1) is 0 Å². The van der Waals surface area contributed by atoms with E-state index in [1.54, 1.807) is 0 Å². The molecule has 3 atom stereocenters. The lowest BCUT2D eigenvalue weighted by Gasteiger charge is -2.47. The minimum atomic E-state index is -0.0427. The number of benzene rings is 2. The van der Waals surface area contributed by atoms with Crippen LogP contribution in [-0.2, 0) is 0 Å². The van der Waals surface area contributed by atoms with Gasteiger partial charge in [-0.05, 0) is 84.8 Å². The first-order valence-corrected chi connectivity index (χ1v) is 17.2. The van der Waals surface area contributed by atoms with Crippen molar-refractivity contribution in [3.63, 3.8) is 0 Å². The molecule has 1 aliphatic heterocycles. The topological polar surface area (TPSA) is 35.9 Å². The number of hydrogen-bond donors (Lipinski definition) is 0. The highest BCUT2D eigenvalue weighted by atomic mass is 79.9. The lowest BCUT2D eigenvalue weighted by molar-refractivity contribution is 0.0614. The highest BCUT2D eigenvalue weighted by Gasteiger charge is 2.38. The van der Waals surface area contributed by atoms with Crippen molar-refractivity contribution in [3.8, 4) is 0 Å². The van der Waals surface area contributed by atoms with Crippen LogP contribution in [0.2, 0.25) is 0 Å². The SMILES string of the molecule is C=C(c1ccc(C(C)C)cc1)N1CCN(C(=O)c2ccc(Br)c(C)c2N=CC(C)CC)C(CC)/C1=C(\CCC)C(C)CC. The van der Waals surface area contributed by atoms with Crippen molar-refractivity contribution in [2.75, 3.05) is 13.1 Å². The second-order valence-corrected chi connectivity index (χ2v) is 13.4. The lowest BCUT2D eigenvalue weighted by atomic mass is 9.87. The maximum absolute atomic E-state index is 14.6. The van der Waals surface area contributed by atoms with E-state index in [9.17, 15) is 4.79 Å². The Morgan fingerprint density at radius 3 is 2.26 bits per heavy atom. The molecule has 3 rings (SSSR count). The zero-order chi connectivity index (χ0) is 31.8. The first kappa shape index (κ1) is 34.8. The van der Waals surface area contributed by atoms with Crippen LogP contribution in [0, 0.1) is 18.8 Å². The van der Waals surface area contributed by atoms with E-state index >= 15 is 0 Å². The van der Waals surface area contributed by atoms with Crippen molar-refractivity contribution in [2.45, 2.75) is 106 Å². The fourth-order valence-electron chi connectivity index (χ4n) is 5.97. The van der Waals surface area contributed by atoms with Crippen LogP contribution >= 0.6 is 15.9 Å². The Balaban J connectivity index is 2.14. The van der Waals surface area contributed by atoms with Crippen LogP contribution in [0.15, 0.2) is 63.7 Å². The summed E-state index contributed by atoms with van der Waals surface area (Å²) in [6.07, 6.45) is 6.98. The Kier molecular flexibility index (Phi) is 12.9. The average molecular weight is 649 g/mol. The monoisotopic (exact) mass is 647 g/mol. The van der Waals surface area contributed by atoms with Crippen LogP contribution in [-0.4, -0.2) is 41.1 Å². The molecule has 0 aromatic heterocycles. The minimum Gasteiger partial charge on any atom is -0.341 e.